The zero-order chi connectivity index (χ0) is 14.5. The predicted molar refractivity (Wildman–Crippen MR) is 81.2 cm³/mol. The van der Waals surface area contributed by atoms with Crippen molar-refractivity contribution in [2.45, 2.75) is 13.0 Å². The number of carbonyl (C=O) groups excluding carboxylic acids is 1. The molecule has 0 fully saturated rings. The van der Waals surface area contributed by atoms with E-state index in [1.54, 1.807) is 22.8 Å². The molecule has 1 atom stereocenters. The fraction of sp³-hybridized carbons (Fsp3) is 0.143. The average Bonchev–Trinajstić information content (AvgIpc) is 3.07. The van der Waals surface area contributed by atoms with Crippen LogP contribution in [0.3, 0.4) is 0 Å². The molecule has 2 aromatic heterocycles. The molecule has 104 valence electrons. The molecule has 2 N–H and O–H groups in total. The van der Waals surface area contributed by atoms with Gasteiger partial charge in [-0.2, -0.15) is 11.3 Å². The van der Waals surface area contributed by atoms with Gasteiger partial charge in [0.1, 0.15) is 0 Å². The van der Waals surface area contributed by atoms with Crippen molar-refractivity contribution in [1.82, 2.24) is 5.32 Å². The molecule has 6 heteroatoms. The Labute approximate surface area is 124 Å². The molecule has 0 saturated heterocycles. The van der Waals surface area contributed by atoms with Crippen molar-refractivity contribution in [1.29, 1.82) is 0 Å². The summed E-state index contributed by atoms with van der Waals surface area (Å²) >= 11 is 2.88. The van der Waals surface area contributed by atoms with Gasteiger partial charge in [-0.3, -0.25) is 4.79 Å². The van der Waals surface area contributed by atoms with Crippen molar-refractivity contribution in [2.24, 2.45) is 0 Å². The molecule has 0 saturated carbocycles. The minimum absolute atomic E-state index is 0.0767. The Kier molecular flexibility index (Phi) is 4.70. The van der Waals surface area contributed by atoms with Crippen LogP contribution in [0.25, 0.3) is 6.08 Å². The van der Waals surface area contributed by atoms with Crippen LogP contribution in [-0.2, 0) is 4.79 Å². The summed E-state index contributed by atoms with van der Waals surface area (Å²) in [6, 6.07) is 3.62. The molecule has 20 heavy (non-hydrogen) atoms. The van der Waals surface area contributed by atoms with Gasteiger partial charge in [-0.25, -0.2) is 4.79 Å². The number of amides is 1. The van der Waals surface area contributed by atoms with Gasteiger partial charge in [0.05, 0.1) is 10.9 Å². The van der Waals surface area contributed by atoms with E-state index in [-0.39, 0.29) is 11.9 Å². The Balaban J connectivity index is 2.10. The van der Waals surface area contributed by atoms with E-state index in [9.17, 15) is 9.59 Å². The third kappa shape index (κ3) is 3.55. The van der Waals surface area contributed by atoms with Crippen LogP contribution in [-0.4, -0.2) is 17.0 Å². The summed E-state index contributed by atoms with van der Waals surface area (Å²) in [4.78, 5) is 23.2. The van der Waals surface area contributed by atoms with Crippen molar-refractivity contribution >= 4 is 40.6 Å². The summed E-state index contributed by atoms with van der Waals surface area (Å²) < 4.78 is 0. The van der Waals surface area contributed by atoms with Gasteiger partial charge in [0.25, 0.3) is 5.91 Å². The topological polar surface area (TPSA) is 66.4 Å². The first-order valence-corrected chi connectivity index (χ1v) is 7.71. The lowest BCUT2D eigenvalue weighted by molar-refractivity contribution is -0.131. The summed E-state index contributed by atoms with van der Waals surface area (Å²) in [5.74, 6) is -1.22. The van der Waals surface area contributed by atoms with Gasteiger partial charge in [0.2, 0.25) is 0 Å². The molecule has 0 aliphatic carbocycles. The summed E-state index contributed by atoms with van der Waals surface area (Å²) in [5.41, 5.74) is 1.68. The summed E-state index contributed by atoms with van der Waals surface area (Å²) in [6.45, 7) is 1.92. The molecule has 1 amide bonds. The third-order valence-corrected chi connectivity index (χ3v) is 4.33. The lowest BCUT2D eigenvalue weighted by Gasteiger charge is -2.12. The normalized spacial score (nSPS) is 12.4. The Bertz CT molecular complexity index is 629. The van der Waals surface area contributed by atoms with Gasteiger partial charge in [-0.1, -0.05) is 0 Å². The highest BCUT2D eigenvalue weighted by Crippen LogP contribution is 2.21. The molecule has 0 aliphatic rings. The first-order chi connectivity index (χ1) is 9.58. The number of rotatable bonds is 5. The summed E-state index contributed by atoms with van der Waals surface area (Å²) in [5, 5.41) is 17.3. The van der Waals surface area contributed by atoms with Gasteiger partial charge >= 0.3 is 5.97 Å². The Morgan fingerprint density at radius 2 is 2.15 bits per heavy atom. The highest BCUT2D eigenvalue weighted by molar-refractivity contribution is 7.12. The van der Waals surface area contributed by atoms with Gasteiger partial charge in [0, 0.05) is 6.08 Å². The van der Waals surface area contributed by atoms with Crippen LogP contribution in [0.4, 0.5) is 0 Å². The summed E-state index contributed by atoms with van der Waals surface area (Å²) in [6.07, 6.45) is 2.46. The second-order valence-electron chi connectivity index (χ2n) is 4.13. The highest BCUT2D eigenvalue weighted by Gasteiger charge is 2.15. The molecular formula is C14H13NO3S2. The van der Waals surface area contributed by atoms with Gasteiger partial charge in [0.15, 0.2) is 0 Å². The van der Waals surface area contributed by atoms with Crippen molar-refractivity contribution in [3.8, 4) is 0 Å². The standard InChI is InChI=1S/C14H13NO3S2/c1-9(11-4-6-19-8-11)15-14(18)13-10(5-7-20-13)2-3-12(16)17/h2-9H,1H3,(H,15,18)(H,16,17). The number of carboxylic acid groups (broad SMARTS) is 1. The average molecular weight is 307 g/mol. The molecular weight excluding hydrogens is 294 g/mol. The zero-order valence-electron chi connectivity index (χ0n) is 10.7. The van der Waals surface area contributed by atoms with Crippen LogP contribution in [0.1, 0.15) is 33.8 Å². The lowest BCUT2D eigenvalue weighted by atomic mass is 10.1. The van der Waals surface area contributed by atoms with E-state index >= 15 is 0 Å². The number of hydrogen-bond donors (Lipinski definition) is 2. The predicted octanol–water partition coefficient (Wildman–Crippen LogP) is 3.40. The third-order valence-electron chi connectivity index (χ3n) is 2.70. The highest BCUT2D eigenvalue weighted by atomic mass is 32.1. The van der Waals surface area contributed by atoms with E-state index in [2.05, 4.69) is 5.32 Å². The number of carbonyl (C=O) groups is 2. The van der Waals surface area contributed by atoms with Gasteiger partial charge in [-0.15, -0.1) is 11.3 Å². The Morgan fingerprint density at radius 1 is 1.35 bits per heavy atom. The molecule has 4 nitrogen and oxygen atoms in total. The first-order valence-electron chi connectivity index (χ1n) is 5.89. The van der Waals surface area contributed by atoms with Crippen LogP contribution in [0, 0.1) is 0 Å². The van der Waals surface area contributed by atoms with E-state index in [1.807, 2.05) is 23.8 Å². The molecule has 1 unspecified atom stereocenters. The maximum Gasteiger partial charge on any atom is 0.328 e. The van der Waals surface area contributed by atoms with Crippen molar-refractivity contribution in [3.05, 3.63) is 50.4 Å². The fourth-order valence-electron chi connectivity index (χ4n) is 1.66. The molecule has 2 rings (SSSR count). The van der Waals surface area contributed by atoms with Crippen LogP contribution in [0.2, 0.25) is 0 Å². The van der Waals surface area contributed by atoms with Crippen LogP contribution in [0.15, 0.2) is 34.3 Å². The van der Waals surface area contributed by atoms with E-state index < -0.39 is 5.97 Å². The minimum atomic E-state index is -1.03. The second-order valence-corrected chi connectivity index (χ2v) is 5.82. The maximum atomic E-state index is 12.2. The Hall–Kier alpha value is -1.92. The number of thiophene rings is 2. The van der Waals surface area contributed by atoms with E-state index in [0.29, 0.717) is 10.4 Å². The molecule has 0 aromatic carbocycles. The number of aliphatic carboxylic acids is 1. The largest absolute Gasteiger partial charge is 0.478 e. The van der Waals surface area contributed by atoms with Crippen molar-refractivity contribution < 1.29 is 14.7 Å². The van der Waals surface area contributed by atoms with E-state index in [1.165, 1.54) is 17.4 Å². The number of carboxylic acids is 1. The second kappa shape index (κ2) is 6.49. The lowest BCUT2D eigenvalue weighted by Crippen LogP contribution is -2.26. The van der Waals surface area contributed by atoms with Gasteiger partial charge in [-0.05, 0) is 52.4 Å². The number of hydrogen-bond acceptors (Lipinski definition) is 4. The first kappa shape index (κ1) is 14.5. The maximum absolute atomic E-state index is 12.2. The molecule has 2 aromatic rings. The van der Waals surface area contributed by atoms with Crippen LogP contribution in [0.5, 0.6) is 0 Å². The van der Waals surface area contributed by atoms with Gasteiger partial charge < -0.3 is 10.4 Å². The quantitative estimate of drug-likeness (QED) is 0.832. The molecule has 0 aliphatic heterocycles. The summed E-state index contributed by atoms with van der Waals surface area (Å²) in [7, 11) is 0. The fourth-order valence-corrected chi connectivity index (χ4v) is 3.21. The minimum Gasteiger partial charge on any atom is -0.478 e. The van der Waals surface area contributed by atoms with E-state index in [0.717, 1.165) is 11.6 Å². The monoisotopic (exact) mass is 307 g/mol. The molecule has 2 heterocycles. The molecule has 0 spiro atoms. The van der Waals surface area contributed by atoms with Crippen molar-refractivity contribution in [2.75, 3.05) is 0 Å². The zero-order valence-corrected chi connectivity index (χ0v) is 12.3. The SMILES string of the molecule is CC(NC(=O)c1sccc1C=CC(=O)O)c1ccsc1. The van der Waals surface area contributed by atoms with Crippen molar-refractivity contribution in [3.63, 3.8) is 0 Å². The molecule has 0 radical (unpaired) electrons. The van der Waals surface area contributed by atoms with Crippen LogP contribution >= 0.6 is 22.7 Å². The Morgan fingerprint density at radius 3 is 2.80 bits per heavy atom. The number of nitrogens with one attached hydrogen (secondary N) is 1. The molecule has 0 bridgehead atoms. The van der Waals surface area contributed by atoms with Crippen LogP contribution < -0.4 is 5.32 Å². The van der Waals surface area contributed by atoms with E-state index in [4.69, 9.17) is 5.11 Å². The smallest absolute Gasteiger partial charge is 0.328 e.